The first-order valence-corrected chi connectivity index (χ1v) is 9.52. The fourth-order valence-electron chi connectivity index (χ4n) is 2.84. The van der Waals surface area contributed by atoms with Gasteiger partial charge in [-0.25, -0.2) is 23.1 Å². The van der Waals surface area contributed by atoms with Gasteiger partial charge in [-0.3, -0.25) is 4.79 Å². The number of pyridine rings is 1. The number of nitrogens with two attached hydrogens (primary N) is 2. The number of nitrogens with zero attached hydrogens (tertiary/aromatic N) is 3. The highest BCUT2D eigenvalue weighted by atomic mass is 19.3. The molecule has 0 saturated carbocycles. The fourth-order valence-corrected chi connectivity index (χ4v) is 2.84. The Labute approximate surface area is 183 Å². The maximum atomic E-state index is 14.5. The van der Waals surface area contributed by atoms with Crippen LogP contribution in [0.15, 0.2) is 35.5 Å². The zero-order chi connectivity index (χ0) is 24.1. The molecule has 0 atom stereocenters. The Kier molecular flexibility index (Phi) is 7.43. The molecule has 2 aromatic rings. The van der Waals surface area contributed by atoms with Gasteiger partial charge in [0.1, 0.15) is 24.1 Å². The lowest BCUT2D eigenvalue weighted by atomic mass is 9.93. The SMILES string of the molecule is Cc1cc(C#N)cnc1C(=O)Nc1ccc(F)c(C(C)(C)NC(N)=NCC(F)(F)CN)c1. The molecule has 1 heterocycles. The number of aliphatic imine (C=N–C) groups is 1. The monoisotopic (exact) mass is 447 g/mol. The standard InChI is InChI=1S/C21H24F3N7O/c1-12-6-13(8-25)9-28-17(12)18(32)30-14-4-5-16(22)15(7-14)20(2,3)31-19(27)29-11-21(23,24)10-26/h4-7,9H,10-11,26H2,1-3H3,(H,30,32)(H3,27,29,31). The van der Waals surface area contributed by atoms with Crippen LogP contribution in [-0.2, 0) is 5.54 Å². The minimum atomic E-state index is -3.20. The number of rotatable bonds is 7. The van der Waals surface area contributed by atoms with Crippen molar-refractivity contribution in [2.45, 2.75) is 32.2 Å². The second-order valence-electron chi connectivity index (χ2n) is 7.66. The number of benzene rings is 1. The van der Waals surface area contributed by atoms with Crippen molar-refractivity contribution in [3.05, 3.63) is 58.7 Å². The Morgan fingerprint density at radius 1 is 1.31 bits per heavy atom. The van der Waals surface area contributed by atoms with Crippen molar-refractivity contribution in [2.24, 2.45) is 16.5 Å². The van der Waals surface area contributed by atoms with Gasteiger partial charge in [-0.05, 0) is 50.6 Å². The molecule has 0 saturated heterocycles. The molecule has 2 rings (SSSR count). The van der Waals surface area contributed by atoms with E-state index in [-0.39, 0.29) is 22.9 Å². The van der Waals surface area contributed by atoms with E-state index in [1.54, 1.807) is 20.8 Å². The van der Waals surface area contributed by atoms with Crippen LogP contribution in [0.2, 0.25) is 0 Å². The number of alkyl halides is 2. The minimum Gasteiger partial charge on any atom is -0.370 e. The van der Waals surface area contributed by atoms with Gasteiger partial charge in [0.2, 0.25) is 0 Å². The van der Waals surface area contributed by atoms with Crippen molar-refractivity contribution >= 4 is 17.6 Å². The van der Waals surface area contributed by atoms with Crippen molar-refractivity contribution in [1.82, 2.24) is 10.3 Å². The summed E-state index contributed by atoms with van der Waals surface area (Å²) in [5, 5.41) is 14.2. The highest BCUT2D eigenvalue weighted by Crippen LogP contribution is 2.26. The molecule has 11 heteroatoms. The van der Waals surface area contributed by atoms with Gasteiger partial charge in [-0.1, -0.05) is 0 Å². The average molecular weight is 447 g/mol. The predicted molar refractivity (Wildman–Crippen MR) is 115 cm³/mol. The lowest BCUT2D eigenvalue weighted by Crippen LogP contribution is -2.46. The molecule has 6 N–H and O–H groups in total. The van der Waals surface area contributed by atoms with Crippen LogP contribution in [0.5, 0.6) is 0 Å². The molecule has 0 fully saturated rings. The van der Waals surface area contributed by atoms with Crippen LogP contribution in [0.25, 0.3) is 0 Å². The summed E-state index contributed by atoms with van der Waals surface area (Å²) in [4.78, 5) is 20.1. The summed E-state index contributed by atoms with van der Waals surface area (Å²) >= 11 is 0. The van der Waals surface area contributed by atoms with Crippen molar-refractivity contribution in [2.75, 3.05) is 18.4 Å². The summed E-state index contributed by atoms with van der Waals surface area (Å²) in [6.07, 6.45) is 1.28. The zero-order valence-electron chi connectivity index (χ0n) is 17.8. The van der Waals surface area contributed by atoms with E-state index >= 15 is 0 Å². The van der Waals surface area contributed by atoms with E-state index in [0.29, 0.717) is 11.1 Å². The van der Waals surface area contributed by atoms with E-state index in [9.17, 15) is 18.0 Å². The number of guanidine groups is 1. The van der Waals surface area contributed by atoms with Crippen molar-refractivity contribution in [3.63, 3.8) is 0 Å². The largest absolute Gasteiger partial charge is 0.370 e. The molecule has 1 amide bonds. The molecular weight excluding hydrogens is 423 g/mol. The van der Waals surface area contributed by atoms with Gasteiger partial charge >= 0.3 is 0 Å². The summed E-state index contributed by atoms with van der Waals surface area (Å²) in [5.41, 5.74) is 10.8. The van der Waals surface area contributed by atoms with Crippen LogP contribution >= 0.6 is 0 Å². The Bertz CT molecular complexity index is 1080. The Hall–Kier alpha value is -3.65. The smallest absolute Gasteiger partial charge is 0.279 e. The summed E-state index contributed by atoms with van der Waals surface area (Å²) in [6.45, 7) is 3.01. The molecular formula is C21H24F3N7O. The second kappa shape index (κ2) is 9.65. The number of nitrogens with one attached hydrogen (secondary N) is 2. The van der Waals surface area contributed by atoms with Gasteiger partial charge < -0.3 is 22.1 Å². The highest BCUT2D eigenvalue weighted by Gasteiger charge is 2.28. The molecule has 0 bridgehead atoms. The van der Waals surface area contributed by atoms with E-state index in [2.05, 4.69) is 20.6 Å². The third kappa shape index (κ3) is 6.18. The van der Waals surface area contributed by atoms with Crippen LogP contribution in [0.1, 0.15) is 41.0 Å². The molecule has 0 spiro atoms. The van der Waals surface area contributed by atoms with Gasteiger partial charge in [-0.2, -0.15) is 5.26 Å². The average Bonchev–Trinajstić information content (AvgIpc) is 2.73. The molecule has 32 heavy (non-hydrogen) atoms. The van der Waals surface area contributed by atoms with Gasteiger partial charge in [0.15, 0.2) is 5.96 Å². The summed E-state index contributed by atoms with van der Waals surface area (Å²) in [7, 11) is 0. The van der Waals surface area contributed by atoms with E-state index in [4.69, 9.17) is 16.7 Å². The van der Waals surface area contributed by atoms with E-state index in [0.717, 1.165) is 6.07 Å². The van der Waals surface area contributed by atoms with E-state index in [1.807, 2.05) is 6.07 Å². The Morgan fingerprint density at radius 3 is 2.59 bits per heavy atom. The molecule has 0 radical (unpaired) electrons. The lowest BCUT2D eigenvalue weighted by molar-refractivity contribution is 0.0212. The normalized spacial score (nSPS) is 12.2. The Morgan fingerprint density at radius 2 is 2.00 bits per heavy atom. The number of hydrogen-bond acceptors (Lipinski definition) is 5. The molecule has 0 aliphatic heterocycles. The molecule has 1 aromatic carbocycles. The number of carbonyl (C=O) groups is 1. The number of aryl methyl sites for hydroxylation is 1. The molecule has 0 aliphatic rings. The number of halogens is 3. The topological polar surface area (TPSA) is 142 Å². The number of aromatic nitrogens is 1. The number of nitriles is 1. The maximum Gasteiger partial charge on any atom is 0.279 e. The maximum absolute atomic E-state index is 14.5. The van der Waals surface area contributed by atoms with Crippen LogP contribution in [0, 0.1) is 24.1 Å². The number of carbonyl (C=O) groups excluding carboxylic acids is 1. The van der Waals surface area contributed by atoms with Gasteiger partial charge in [0.05, 0.1) is 17.6 Å². The van der Waals surface area contributed by atoms with Crippen molar-refractivity contribution < 1.29 is 18.0 Å². The van der Waals surface area contributed by atoms with Crippen LogP contribution in [-0.4, -0.2) is 35.9 Å². The van der Waals surface area contributed by atoms with E-state index < -0.39 is 36.3 Å². The van der Waals surface area contributed by atoms with Gasteiger partial charge in [-0.15, -0.1) is 0 Å². The van der Waals surface area contributed by atoms with Crippen LogP contribution < -0.4 is 22.1 Å². The number of amides is 1. The van der Waals surface area contributed by atoms with Crippen LogP contribution in [0.4, 0.5) is 18.9 Å². The highest BCUT2D eigenvalue weighted by molar-refractivity contribution is 6.03. The zero-order valence-corrected chi connectivity index (χ0v) is 17.8. The minimum absolute atomic E-state index is 0.114. The first-order chi connectivity index (χ1) is 14.9. The summed E-state index contributed by atoms with van der Waals surface area (Å²) in [5.74, 6) is -4.66. The fraction of sp³-hybridized carbons (Fsp3) is 0.333. The molecule has 8 nitrogen and oxygen atoms in total. The van der Waals surface area contributed by atoms with E-state index in [1.165, 1.54) is 24.4 Å². The Balaban J connectivity index is 2.23. The molecule has 1 aromatic heterocycles. The summed E-state index contributed by atoms with van der Waals surface area (Å²) in [6, 6.07) is 7.38. The van der Waals surface area contributed by atoms with Gasteiger partial charge in [0.25, 0.3) is 11.8 Å². The lowest BCUT2D eigenvalue weighted by Gasteiger charge is -2.28. The van der Waals surface area contributed by atoms with Gasteiger partial charge in [0, 0.05) is 17.4 Å². The first kappa shape index (κ1) is 24.6. The number of anilines is 1. The third-order valence-electron chi connectivity index (χ3n) is 4.54. The molecule has 170 valence electrons. The van der Waals surface area contributed by atoms with Crippen LogP contribution in [0.3, 0.4) is 0 Å². The van der Waals surface area contributed by atoms with Crippen molar-refractivity contribution in [1.29, 1.82) is 5.26 Å². The number of hydrogen-bond donors (Lipinski definition) is 4. The third-order valence-corrected chi connectivity index (χ3v) is 4.54. The van der Waals surface area contributed by atoms with Crippen molar-refractivity contribution in [3.8, 4) is 6.07 Å². The molecule has 0 aliphatic carbocycles. The first-order valence-electron chi connectivity index (χ1n) is 9.52. The summed E-state index contributed by atoms with van der Waals surface area (Å²) < 4.78 is 41.1. The predicted octanol–water partition coefficient (Wildman–Crippen LogP) is 2.39. The molecule has 0 unspecified atom stereocenters. The second-order valence-corrected chi connectivity index (χ2v) is 7.66. The quantitative estimate of drug-likeness (QED) is 0.379.